The van der Waals surface area contributed by atoms with Gasteiger partial charge in [0.25, 0.3) is 0 Å². The molecule has 0 aliphatic carbocycles. The molecule has 1 aromatic carbocycles. The highest BCUT2D eigenvalue weighted by Crippen LogP contribution is 2.40. The lowest BCUT2D eigenvalue weighted by molar-refractivity contribution is 0.882. The van der Waals surface area contributed by atoms with Crippen molar-refractivity contribution in [3.05, 3.63) is 59.4 Å². The van der Waals surface area contributed by atoms with E-state index < -0.39 is 0 Å². The van der Waals surface area contributed by atoms with E-state index in [4.69, 9.17) is 11.6 Å². The molecule has 98 valence electrons. The summed E-state index contributed by atoms with van der Waals surface area (Å²) in [7, 11) is 0. The van der Waals surface area contributed by atoms with Crippen molar-refractivity contribution in [1.29, 1.82) is 0 Å². The number of aromatic nitrogens is 3. The minimum absolute atomic E-state index is 0.729. The molecule has 5 heteroatoms. The van der Waals surface area contributed by atoms with E-state index in [0.717, 1.165) is 32.7 Å². The largest absolute Gasteiger partial charge is 0.249 e. The lowest BCUT2D eigenvalue weighted by Crippen LogP contribution is -2.03. The fourth-order valence-corrected chi connectivity index (χ4v) is 3.47. The summed E-state index contributed by atoms with van der Waals surface area (Å²) in [5, 5.41) is 6.32. The number of nitrogens with zero attached hydrogens (tertiary/aromatic N) is 3. The number of thioether (sulfide) groups is 1. The Balaban J connectivity index is 1.93. The second-order valence-electron chi connectivity index (χ2n) is 4.55. The molecule has 0 saturated heterocycles. The van der Waals surface area contributed by atoms with Gasteiger partial charge in [0.1, 0.15) is 5.03 Å². The molecule has 0 atom stereocenters. The summed E-state index contributed by atoms with van der Waals surface area (Å²) in [6.07, 6.45) is 3.77. The second kappa shape index (κ2) is 4.65. The van der Waals surface area contributed by atoms with Gasteiger partial charge in [0.2, 0.25) is 0 Å². The van der Waals surface area contributed by atoms with Crippen LogP contribution >= 0.6 is 23.4 Å². The third kappa shape index (κ3) is 1.84. The van der Waals surface area contributed by atoms with Gasteiger partial charge < -0.3 is 0 Å². The van der Waals surface area contributed by atoms with Gasteiger partial charge in [-0.25, -0.2) is 9.67 Å². The summed E-state index contributed by atoms with van der Waals surface area (Å²) in [4.78, 5) is 4.45. The predicted octanol–water partition coefficient (Wildman–Crippen LogP) is 4.19. The molecule has 3 nitrogen and oxygen atoms in total. The minimum atomic E-state index is 0.729. The van der Waals surface area contributed by atoms with E-state index >= 15 is 0 Å². The third-order valence-corrected chi connectivity index (χ3v) is 4.61. The van der Waals surface area contributed by atoms with Crippen LogP contribution < -0.4 is 0 Å². The van der Waals surface area contributed by atoms with E-state index in [1.54, 1.807) is 11.8 Å². The van der Waals surface area contributed by atoms with Crippen molar-refractivity contribution in [3.63, 3.8) is 0 Å². The average Bonchev–Trinajstić information content (AvgIpc) is 2.92. The topological polar surface area (TPSA) is 30.7 Å². The Labute approximate surface area is 125 Å². The fourth-order valence-electron chi connectivity index (χ4n) is 2.39. The SMILES string of the molecule is Clc1ccc(-n2ncc3c2-c2cccnc2SC3)cc1. The first kappa shape index (κ1) is 12.0. The molecule has 0 amide bonds. The van der Waals surface area contributed by atoms with Gasteiger partial charge in [0.15, 0.2) is 0 Å². The van der Waals surface area contributed by atoms with Crippen LogP contribution in [0.4, 0.5) is 0 Å². The van der Waals surface area contributed by atoms with Gasteiger partial charge in [-0.2, -0.15) is 5.10 Å². The van der Waals surface area contributed by atoms with E-state index in [0.29, 0.717) is 0 Å². The van der Waals surface area contributed by atoms with E-state index in [-0.39, 0.29) is 0 Å². The van der Waals surface area contributed by atoms with Crippen LogP contribution in [0.15, 0.2) is 53.8 Å². The summed E-state index contributed by atoms with van der Waals surface area (Å²) in [5.41, 5.74) is 4.53. The predicted molar refractivity (Wildman–Crippen MR) is 81.4 cm³/mol. The highest BCUT2D eigenvalue weighted by molar-refractivity contribution is 7.98. The van der Waals surface area contributed by atoms with E-state index in [2.05, 4.69) is 16.1 Å². The molecule has 20 heavy (non-hydrogen) atoms. The Morgan fingerprint density at radius 3 is 2.85 bits per heavy atom. The van der Waals surface area contributed by atoms with Crippen LogP contribution in [0.1, 0.15) is 5.56 Å². The second-order valence-corrected chi connectivity index (χ2v) is 5.95. The van der Waals surface area contributed by atoms with Crippen LogP contribution in [0.5, 0.6) is 0 Å². The van der Waals surface area contributed by atoms with E-state index in [1.807, 2.05) is 47.4 Å². The van der Waals surface area contributed by atoms with Crippen LogP contribution in [-0.2, 0) is 5.75 Å². The number of hydrogen-bond donors (Lipinski definition) is 0. The molecule has 0 unspecified atom stereocenters. The molecule has 0 bridgehead atoms. The number of hydrogen-bond acceptors (Lipinski definition) is 3. The number of halogens is 1. The number of rotatable bonds is 1. The van der Waals surface area contributed by atoms with Crippen molar-refractivity contribution < 1.29 is 0 Å². The van der Waals surface area contributed by atoms with Crippen molar-refractivity contribution in [1.82, 2.24) is 14.8 Å². The zero-order valence-corrected chi connectivity index (χ0v) is 12.0. The Morgan fingerprint density at radius 2 is 2.00 bits per heavy atom. The normalized spacial score (nSPS) is 12.8. The number of benzene rings is 1. The summed E-state index contributed by atoms with van der Waals surface area (Å²) in [5.74, 6) is 0.910. The third-order valence-electron chi connectivity index (χ3n) is 3.31. The molecule has 3 heterocycles. The van der Waals surface area contributed by atoms with Crippen molar-refractivity contribution in [2.45, 2.75) is 10.8 Å². The molecule has 0 spiro atoms. The Hall–Kier alpha value is -1.78. The Kier molecular flexibility index (Phi) is 2.79. The van der Waals surface area contributed by atoms with Crippen molar-refractivity contribution >= 4 is 23.4 Å². The summed E-state index contributed by atoms with van der Waals surface area (Å²) >= 11 is 7.71. The number of pyridine rings is 1. The molecular weight excluding hydrogens is 290 g/mol. The minimum Gasteiger partial charge on any atom is -0.249 e. The monoisotopic (exact) mass is 299 g/mol. The maximum Gasteiger partial charge on any atom is 0.106 e. The highest BCUT2D eigenvalue weighted by Gasteiger charge is 2.22. The van der Waals surface area contributed by atoms with Gasteiger partial charge >= 0.3 is 0 Å². The Bertz CT molecular complexity index is 780. The number of fused-ring (bicyclic) bond motifs is 3. The van der Waals surface area contributed by atoms with Crippen molar-refractivity contribution in [2.75, 3.05) is 0 Å². The first-order chi connectivity index (χ1) is 9.83. The maximum atomic E-state index is 5.95. The molecule has 4 rings (SSSR count). The van der Waals surface area contributed by atoms with Gasteiger partial charge in [-0.1, -0.05) is 11.6 Å². The lowest BCUT2D eigenvalue weighted by atomic mass is 10.1. The van der Waals surface area contributed by atoms with Gasteiger partial charge in [-0.3, -0.25) is 0 Å². The maximum absolute atomic E-state index is 5.95. The molecule has 3 aromatic rings. The zero-order valence-electron chi connectivity index (χ0n) is 10.5. The lowest BCUT2D eigenvalue weighted by Gasteiger charge is -2.16. The molecule has 2 aromatic heterocycles. The fraction of sp³-hybridized carbons (Fsp3) is 0.0667. The first-order valence-electron chi connectivity index (χ1n) is 6.24. The van der Waals surface area contributed by atoms with Crippen molar-refractivity contribution in [2.24, 2.45) is 0 Å². The van der Waals surface area contributed by atoms with E-state index in [9.17, 15) is 0 Å². The van der Waals surface area contributed by atoms with Gasteiger partial charge in [-0.05, 0) is 36.4 Å². The summed E-state index contributed by atoms with van der Waals surface area (Å²) < 4.78 is 1.96. The molecule has 0 N–H and O–H groups in total. The van der Waals surface area contributed by atoms with Crippen LogP contribution in [0, 0.1) is 0 Å². The average molecular weight is 300 g/mol. The zero-order chi connectivity index (χ0) is 13.5. The van der Waals surface area contributed by atoms with Gasteiger partial charge in [0.05, 0.1) is 17.6 Å². The summed E-state index contributed by atoms with van der Waals surface area (Å²) in [6.45, 7) is 0. The van der Waals surface area contributed by atoms with Crippen LogP contribution in [-0.4, -0.2) is 14.8 Å². The molecule has 1 aliphatic rings. The van der Waals surface area contributed by atoms with Crippen LogP contribution in [0.25, 0.3) is 16.9 Å². The summed E-state index contributed by atoms with van der Waals surface area (Å²) in [6, 6.07) is 11.8. The molecular formula is C15H10ClN3S. The van der Waals surface area contributed by atoms with E-state index in [1.165, 1.54) is 5.56 Å². The smallest absolute Gasteiger partial charge is 0.106 e. The van der Waals surface area contributed by atoms with Crippen LogP contribution in [0.2, 0.25) is 5.02 Å². The Morgan fingerprint density at radius 1 is 1.15 bits per heavy atom. The van der Waals surface area contributed by atoms with Gasteiger partial charge in [-0.15, -0.1) is 11.8 Å². The highest BCUT2D eigenvalue weighted by atomic mass is 35.5. The molecule has 0 saturated carbocycles. The van der Waals surface area contributed by atoms with Crippen molar-refractivity contribution in [3.8, 4) is 16.9 Å². The standard InChI is InChI=1S/C15H10ClN3S/c16-11-3-5-12(6-4-11)19-14-10(8-18-19)9-20-15-13(14)2-1-7-17-15/h1-8H,9H2. The molecule has 1 aliphatic heterocycles. The first-order valence-corrected chi connectivity index (χ1v) is 7.60. The van der Waals surface area contributed by atoms with Gasteiger partial charge in [0, 0.05) is 28.1 Å². The van der Waals surface area contributed by atoms with Crippen LogP contribution in [0.3, 0.4) is 0 Å². The molecule has 0 fully saturated rings. The molecule has 0 radical (unpaired) electrons. The quantitative estimate of drug-likeness (QED) is 0.675.